The van der Waals surface area contributed by atoms with Gasteiger partial charge < -0.3 is 4.42 Å². The van der Waals surface area contributed by atoms with E-state index in [1.807, 2.05) is 30.3 Å². The first-order valence-corrected chi connectivity index (χ1v) is 9.99. The molecule has 0 aliphatic rings. The molecule has 1 heterocycles. The molecule has 0 atom stereocenters. The SMILES string of the molecule is C=Cc1nc(C(=Nc2c(C(C)C)cccc2C(C)C)c2ccccc2)oc1C=C. The molecule has 0 spiro atoms. The maximum Gasteiger partial charge on any atom is 0.246 e. The van der Waals surface area contributed by atoms with Gasteiger partial charge in [0.2, 0.25) is 5.89 Å². The zero-order valence-electron chi connectivity index (χ0n) is 17.6. The molecule has 3 nitrogen and oxygen atoms in total. The lowest BCUT2D eigenvalue weighted by Crippen LogP contribution is -2.05. The lowest BCUT2D eigenvalue weighted by atomic mass is 9.92. The number of hydrogen-bond donors (Lipinski definition) is 0. The van der Waals surface area contributed by atoms with Crippen LogP contribution in [-0.4, -0.2) is 10.7 Å². The van der Waals surface area contributed by atoms with Gasteiger partial charge in [-0.1, -0.05) is 89.4 Å². The van der Waals surface area contributed by atoms with Crippen molar-refractivity contribution in [1.29, 1.82) is 0 Å². The minimum Gasteiger partial charge on any atom is -0.435 e. The number of aromatic nitrogens is 1. The van der Waals surface area contributed by atoms with Gasteiger partial charge in [0.15, 0.2) is 5.76 Å². The summed E-state index contributed by atoms with van der Waals surface area (Å²) in [6.07, 6.45) is 3.33. The van der Waals surface area contributed by atoms with Gasteiger partial charge in [-0.25, -0.2) is 9.98 Å². The Hall–Kier alpha value is -3.20. The fraction of sp³-hybridized carbons (Fsp3) is 0.231. The van der Waals surface area contributed by atoms with Crippen molar-refractivity contribution in [2.75, 3.05) is 0 Å². The van der Waals surface area contributed by atoms with Crippen LogP contribution in [0.1, 0.15) is 73.6 Å². The minimum atomic E-state index is 0.349. The minimum absolute atomic E-state index is 0.349. The van der Waals surface area contributed by atoms with E-state index in [1.165, 1.54) is 11.1 Å². The average Bonchev–Trinajstić information content (AvgIpc) is 3.15. The molecular formula is C26H28N2O. The Labute approximate surface area is 173 Å². The van der Waals surface area contributed by atoms with Crippen molar-refractivity contribution in [3.8, 4) is 0 Å². The molecule has 3 aromatic rings. The molecule has 148 valence electrons. The van der Waals surface area contributed by atoms with Crippen molar-refractivity contribution >= 4 is 23.6 Å². The second kappa shape index (κ2) is 8.87. The van der Waals surface area contributed by atoms with Gasteiger partial charge in [0.05, 0.1) is 5.69 Å². The van der Waals surface area contributed by atoms with E-state index in [-0.39, 0.29) is 0 Å². The second-order valence-corrected chi connectivity index (χ2v) is 7.60. The normalized spacial score (nSPS) is 11.9. The van der Waals surface area contributed by atoms with Crippen LogP contribution in [0.25, 0.3) is 12.2 Å². The number of hydrogen-bond acceptors (Lipinski definition) is 3. The summed E-state index contributed by atoms with van der Waals surface area (Å²) in [6, 6.07) is 16.4. The molecule has 0 saturated carbocycles. The van der Waals surface area contributed by atoms with Crippen molar-refractivity contribution in [3.05, 3.63) is 95.7 Å². The quantitative estimate of drug-likeness (QED) is 0.399. The number of aliphatic imine (C=N–C) groups is 1. The molecular weight excluding hydrogens is 356 g/mol. The van der Waals surface area contributed by atoms with Crippen LogP contribution in [0.15, 0.2) is 71.1 Å². The maximum absolute atomic E-state index is 6.01. The molecule has 3 heteroatoms. The Morgan fingerprint density at radius 1 is 0.897 bits per heavy atom. The molecule has 3 rings (SSSR count). The van der Waals surface area contributed by atoms with Crippen LogP contribution in [-0.2, 0) is 0 Å². The standard InChI is InChI=1S/C26H28N2O/c1-7-22-23(8-2)29-26(27-22)24(19-13-10-9-11-14-19)28-25-20(17(3)4)15-12-16-21(25)18(5)6/h7-18H,1-2H2,3-6H3. The first-order valence-electron chi connectivity index (χ1n) is 9.99. The van der Waals surface area contributed by atoms with Crippen molar-refractivity contribution in [2.45, 2.75) is 39.5 Å². The van der Waals surface area contributed by atoms with Gasteiger partial charge in [0.25, 0.3) is 0 Å². The van der Waals surface area contributed by atoms with Gasteiger partial charge in [-0.05, 0) is 35.1 Å². The highest BCUT2D eigenvalue weighted by Crippen LogP contribution is 2.36. The molecule has 0 fully saturated rings. The molecule has 29 heavy (non-hydrogen) atoms. The smallest absolute Gasteiger partial charge is 0.246 e. The van der Waals surface area contributed by atoms with Gasteiger partial charge in [0.1, 0.15) is 11.4 Å². The topological polar surface area (TPSA) is 38.4 Å². The van der Waals surface area contributed by atoms with Crippen LogP contribution in [0.2, 0.25) is 0 Å². The van der Waals surface area contributed by atoms with Crippen LogP contribution in [0.3, 0.4) is 0 Å². The number of nitrogens with zero attached hydrogens (tertiary/aromatic N) is 2. The first kappa shape index (κ1) is 20.5. The number of benzene rings is 2. The summed E-state index contributed by atoms with van der Waals surface area (Å²) < 4.78 is 6.01. The summed E-state index contributed by atoms with van der Waals surface area (Å²) >= 11 is 0. The molecule has 0 saturated heterocycles. The van der Waals surface area contributed by atoms with E-state index in [1.54, 1.807) is 12.2 Å². The number of rotatable bonds is 7. The summed E-state index contributed by atoms with van der Waals surface area (Å²) in [5, 5.41) is 0. The van der Waals surface area contributed by atoms with Crippen LogP contribution in [0, 0.1) is 0 Å². The summed E-state index contributed by atoms with van der Waals surface area (Å²) in [6.45, 7) is 16.4. The maximum atomic E-state index is 6.01. The van der Waals surface area contributed by atoms with E-state index in [0.29, 0.717) is 34.9 Å². The molecule has 0 N–H and O–H groups in total. The molecule has 1 aromatic heterocycles. The Balaban J connectivity index is 2.32. The van der Waals surface area contributed by atoms with Crippen molar-refractivity contribution < 1.29 is 4.42 Å². The fourth-order valence-corrected chi connectivity index (χ4v) is 3.32. The zero-order chi connectivity index (χ0) is 21.0. The Morgan fingerprint density at radius 2 is 1.52 bits per heavy atom. The van der Waals surface area contributed by atoms with Crippen molar-refractivity contribution in [3.63, 3.8) is 0 Å². The molecule has 0 aliphatic heterocycles. The fourth-order valence-electron chi connectivity index (χ4n) is 3.32. The van der Waals surface area contributed by atoms with Gasteiger partial charge in [-0.15, -0.1) is 0 Å². The summed E-state index contributed by atoms with van der Waals surface area (Å²) in [5.41, 5.74) is 5.74. The van der Waals surface area contributed by atoms with Crippen molar-refractivity contribution in [1.82, 2.24) is 4.98 Å². The largest absolute Gasteiger partial charge is 0.435 e. The zero-order valence-corrected chi connectivity index (χ0v) is 17.6. The summed E-state index contributed by atoms with van der Waals surface area (Å²) in [4.78, 5) is 9.79. The lowest BCUT2D eigenvalue weighted by Gasteiger charge is -2.17. The highest BCUT2D eigenvalue weighted by molar-refractivity contribution is 6.11. The molecule has 0 aliphatic carbocycles. The Kier molecular flexibility index (Phi) is 6.28. The molecule has 0 unspecified atom stereocenters. The predicted octanol–water partition coefficient (Wildman–Crippen LogP) is 7.38. The monoisotopic (exact) mass is 384 g/mol. The highest BCUT2D eigenvalue weighted by Gasteiger charge is 2.20. The third-order valence-electron chi connectivity index (χ3n) is 4.88. The Bertz CT molecular complexity index is 988. The highest BCUT2D eigenvalue weighted by atomic mass is 16.4. The number of para-hydroxylation sites is 1. The van der Waals surface area contributed by atoms with E-state index in [0.717, 1.165) is 11.3 Å². The summed E-state index contributed by atoms with van der Waals surface area (Å²) in [5.74, 6) is 1.76. The second-order valence-electron chi connectivity index (χ2n) is 7.60. The van der Waals surface area contributed by atoms with E-state index >= 15 is 0 Å². The molecule has 2 aromatic carbocycles. The molecule has 0 amide bonds. The molecule has 0 bridgehead atoms. The number of oxazole rings is 1. The van der Waals surface area contributed by atoms with Gasteiger partial charge in [0, 0.05) is 5.56 Å². The van der Waals surface area contributed by atoms with E-state index in [2.05, 4.69) is 64.0 Å². The van der Waals surface area contributed by atoms with Gasteiger partial charge >= 0.3 is 0 Å². The third kappa shape index (κ3) is 4.29. The average molecular weight is 385 g/mol. The van der Waals surface area contributed by atoms with Gasteiger partial charge in [-0.2, -0.15) is 0 Å². The van der Waals surface area contributed by atoms with Crippen LogP contribution < -0.4 is 0 Å². The summed E-state index contributed by atoms with van der Waals surface area (Å²) in [7, 11) is 0. The van der Waals surface area contributed by atoms with Crippen LogP contribution in [0.5, 0.6) is 0 Å². The third-order valence-corrected chi connectivity index (χ3v) is 4.88. The molecule has 0 radical (unpaired) electrons. The first-order chi connectivity index (χ1) is 14.0. The predicted molar refractivity (Wildman–Crippen MR) is 123 cm³/mol. The van der Waals surface area contributed by atoms with E-state index in [4.69, 9.17) is 9.41 Å². The van der Waals surface area contributed by atoms with E-state index < -0.39 is 0 Å². The van der Waals surface area contributed by atoms with Crippen LogP contribution >= 0.6 is 0 Å². The Morgan fingerprint density at radius 3 is 2.00 bits per heavy atom. The lowest BCUT2D eigenvalue weighted by molar-refractivity contribution is 0.538. The van der Waals surface area contributed by atoms with Crippen LogP contribution in [0.4, 0.5) is 5.69 Å². The van der Waals surface area contributed by atoms with Crippen molar-refractivity contribution in [2.24, 2.45) is 4.99 Å². The van der Waals surface area contributed by atoms with Gasteiger partial charge in [-0.3, -0.25) is 0 Å². The van der Waals surface area contributed by atoms with E-state index in [9.17, 15) is 0 Å².